The van der Waals surface area contributed by atoms with Crippen LogP contribution in [0.15, 0.2) is 95.2 Å². The average Bonchev–Trinajstić information content (AvgIpc) is 2.58. The van der Waals surface area contributed by atoms with Gasteiger partial charge in [0.05, 0.1) is 11.1 Å². The second-order valence-electron chi connectivity index (χ2n) is 8.38. The van der Waals surface area contributed by atoms with E-state index in [-0.39, 0.29) is 11.1 Å². The Kier molecular flexibility index (Phi) is 2.84. The number of nitrogens with zero attached hydrogens (tertiary/aromatic N) is 2. The molecule has 2 aliphatic heterocycles. The summed E-state index contributed by atoms with van der Waals surface area (Å²) in [6, 6.07) is 21.7. The van der Waals surface area contributed by atoms with Crippen LogP contribution in [0, 0.1) is 23.7 Å². The number of rotatable bonds is 4. The first kappa shape index (κ1) is 14.7. The largest absolute Gasteiger partial charge is 0.185 e. The van der Waals surface area contributed by atoms with Crippen molar-refractivity contribution >= 4 is 0 Å². The van der Waals surface area contributed by atoms with Crippen LogP contribution in [0.5, 0.6) is 0 Å². The third kappa shape index (κ3) is 1.72. The van der Waals surface area contributed by atoms with Gasteiger partial charge in [0.1, 0.15) is 0 Å². The quantitative estimate of drug-likeness (QED) is 0.698. The van der Waals surface area contributed by atoms with Crippen LogP contribution in [0.4, 0.5) is 0 Å². The summed E-state index contributed by atoms with van der Waals surface area (Å²) in [6.45, 7) is 0. The molecule has 2 bridgehead atoms. The molecule has 2 heteroatoms. The fraction of sp³-hybridized carbons (Fsp3) is 0.333. The normalized spacial score (nSPS) is 40.5. The van der Waals surface area contributed by atoms with Crippen molar-refractivity contribution in [2.24, 2.45) is 33.9 Å². The maximum Gasteiger partial charge on any atom is 0.0993 e. The number of hydrogen-bond acceptors (Lipinski definition) is 2. The molecule has 2 aromatic carbocycles. The molecule has 3 aliphatic carbocycles. The Morgan fingerprint density at radius 3 is 1.19 bits per heavy atom. The predicted molar refractivity (Wildman–Crippen MR) is 103 cm³/mol. The number of hydrogen-bond donors (Lipinski definition) is 0. The molecule has 0 unspecified atom stereocenters. The van der Waals surface area contributed by atoms with Gasteiger partial charge < -0.3 is 0 Å². The van der Waals surface area contributed by atoms with Gasteiger partial charge in [-0.1, -0.05) is 85.0 Å². The fourth-order valence-electron chi connectivity index (χ4n) is 5.86. The molecule has 0 radical (unpaired) electrons. The second kappa shape index (κ2) is 5.03. The van der Waals surface area contributed by atoms with Gasteiger partial charge in [-0.3, -0.25) is 0 Å². The van der Waals surface area contributed by atoms with E-state index in [1.165, 1.54) is 11.1 Å². The van der Waals surface area contributed by atoms with E-state index in [4.69, 9.17) is 10.2 Å². The Labute approximate surface area is 154 Å². The third-order valence-corrected chi connectivity index (χ3v) is 7.22. The average molecular weight is 338 g/mol. The zero-order valence-electron chi connectivity index (χ0n) is 14.7. The van der Waals surface area contributed by atoms with Crippen molar-refractivity contribution in [2.75, 3.05) is 0 Å². The Balaban J connectivity index is 1.44. The summed E-state index contributed by atoms with van der Waals surface area (Å²) < 4.78 is 0. The van der Waals surface area contributed by atoms with Gasteiger partial charge in [0.25, 0.3) is 0 Å². The molecule has 4 atom stereocenters. The van der Waals surface area contributed by atoms with Crippen molar-refractivity contribution in [3.05, 3.63) is 96.1 Å². The topological polar surface area (TPSA) is 24.7 Å². The van der Waals surface area contributed by atoms with Gasteiger partial charge in [0.15, 0.2) is 0 Å². The van der Waals surface area contributed by atoms with Crippen molar-refractivity contribution in [1.82, 2.24) is 0 Å². The minimum absolute atomic E-state index is 0.0708. The van der Waals surface area contributed by atoms with Gasteiger partial charge in [-0.15, -0.1) is 0 Å². The molecule has 2 heterocycles. The molecule has 2 nitrogen and oxygen atoms in total. The van der Waals surface area contributed by atoms with E-state index in [2.05, 4.69) is 85.0 Å². The smallest absolute Gasteiger partial charge is 0.0993 e. The molecule has 7 rings (SSSR count). The Bertz CT molecular complexity index is 824. The lowest BCUT2D eigenvalue weighted by Crippen LogP contribution is -2.71. The van der Waals surface area contributed by atoms with Crippen LogP contribution in [0.3, 0.4) is 0 Å². The molecule has 0 amide bonds. The van der Waals surface area contributed by atoms with E-state index < -0.39 is 0 Å². The van der Waals surface area contributed by atoms with E-state index in [9.17, 15) is 0 Å². The summed E-state index contributed by atoms with van der Waals surface area (Å²) >= 11 is 0. The summed E-state index contributed by atoms with van der Waals surface area (Å²) in [4.78, 5) is 0. The molecule has 0 saturated heterocycles. The van der Waals surface area contributed by atoms with Crippen LogP contribution < -0.4 is 0 Å². The van der Waals surface area contributed by atoms with Crippen LogP contribution in [-0.4, -0.2) is 11.1 Å². The fourth-order valence-corrected chi connectivity index (χ4v) is 5.86. The molecule has 1 saturated carbocycles. The van der Waals surface area contributed by atoms with E-state index in [0.717, 1.165) is 12.8 Å². The van der Waals surface area contributed by atoms with Crippen molar-refractivity contribution in [1.29, 1.82) is 0 Å². The third-order valence-electron chi connectivity index (χ3n) is 7.22. The van der Waals surface area contributed by atoms with Crippen LogP contribution in [0.2, 0.25) is 0 Å². The molecular weight excluding hydrogens is 316 g/mol. The van der Waals surface area contributed by atoms with Crippen molar-refractivity contribution in [3.8, 4) is 0 Å². The van der Waals surface area contributed by atoms with Gasteiger partial charge in [-0.05, 0) is 11.1 Å². The van der Waals surface area contributed by atoms with E-state index in [1.807, 2.05) is 0 Å². The summed E-state index contributed by atoms with van der Waals surface area (Å²) in [5.74, 6) is 2.09. The van der Waals surface area contributed by atoms with Gasteiger partial charge >= 0.3 is 0 Å². The number of benzene rings is 2. The monoisotopic (exact) mass is 338 g/mol. The van der Waals surface area contributed by atoms with Gasteiger partial charge in [0.2, 0.25) is 0 Å². The van der Waals surface area contributed by atoms with E-state index in [1.54, 1.807) is 0 Å². The maximum absolute atomic E-state index is 5.08. The molecule has 5 aliphatic rings. The molecular formula is C24H22N2. The van der Waals surface area contributed by atoms with Crippen molar-refractivity contribution in [3.63, 3.8) is 0 Å². The Hall–Kier alpha value is -2.48. The molecule has 1 fully saturated rings. The zero-order chi connectivity index (χ0) is 17.2. The lowest BCUT2D eigenvalue weighted by Gasteiger charge is -2.66. The maximum atomic E-state index is 5.08. The summed E-state index contributed by atoms with van der Waals surface area (Å²) in [5, 5.41) is 10.2. The van der Waals surface area contributed by atoms with Crippen molar-refractivity contribution in [2.45, 2.75) is 23.9 Å². The first-order valence-corrected chi connectivity index (χ1v) is 9.70. The van der Waals surface area contributed by atoms with E-state index in [0.29, 0.717) is 23.7 Å². The molecule has 0 N–H and O–H groups in total. The van der Waals surface area contributed by atoms with Crippen LogP contribution >= 0.6 is 0 Å². The lowest BCUT2D eigenvalue weighted by molar-refractivity contribution is -0.0482. The highest BCUT2D eigenvalue weighted by atomic mass is 15.3. The summed E-state index contributed by atoms with van der Waals surface area (Å²) in [6.07, 6.45) is 11.6. The standard InChI is InChI=1S/C24H22N2/c1-3-7-17(8-4-1)15-23-19-11-13-21(19)24(26-25-23,22-14-12-20(22)23)16-18-9-5-2-6-10-18/h1-14,19-22H,15-16H2/t19-,20-,21-,22-,23?,24?/m0/s1. The van der Waals surface area contributed by atoms with Gasteiger partial charge in [-0.2, -0.15) is 10.2 Å². The highest BCUT2D eigenvalue weighted by Crippen LogP contribution is 2.66. The molecule has 2 aromatic rings. The minimum Gasteiger partial charge on any atom is -0.185 e. The number of azo groups is 1. The highest BCUT2D eigenvalue weighted by molar-refractivity contribution is 5.43. The Morgan fingerprint density at radius 2 is 0.885 bits per heavy atom. The van der Waals surface area contributed by atoms with Gasteiger partial charge in [-0.25, -0.2) is 0 Å². The SMILES string of the molecule is C1=C[C@H]2[C@H]1C1(Cc3ccccc3)N=NC2(Cc2ccccc2)[C@H]2C=C[C@@H]21. The first-order valence-electron chi connectivity index (χ1n) is 9.70. The van der Waals surface area contributed by atoms with Crippen LogP contribution in [0.25, 0.3) is 0 Å². The molecule has 0 aromatic heterocycles. The van der Waals surface area contributed by atoms with Crippen LogP contribution in [-0.2, 0) is 12.8 Å². The lowest BCUT2D eigenvalue weighted by atomic mass is 9.41. The first-order chi connectivity index (χ1) is 12.8. The second-order valence-corrected chi connectivity index (χ2v) is 8.38. The zero-order valence-corrected chi connectivity index (χ0v) is 14.7. The van der Waals surface area contributed by atoms with E-state index >= 15 is 0 Å². The molecule has 26 heavy (non-hydrogen) atoms. The van der Waals surface area contributed by atoms with Crippen LogP contribution in [0.1, 0.15) is 11.1 Å². The summed E-state index contributed by atoms with van der Waals surface area (Å²) in [5.41, 5.74) is 2.61. The molecule has 0 spiro atoms. The minimum atomic E-state index is -0.0708. The predicted octanol–water partition coefficient (Wildman–Crippen LogP) is 5.03. The van der Waals surface area contributed by atoms with Gasteiger partial charge in [0, 0.05) is 36.5 Å². The Morgan fingerprint density at radius 1 is 0.538 bits per heavy atom. The highest BCUT2D eigenvalue weighted by Gasteiger charge is 2.70. The summed E-state index contributed by atoms with van der Waals surface area (Å²) in [7, 11) is 0. The van der Waals surface area contributed by atoms with Crippen molar-refractivity contribution < 1.29 is 0 Å². The molecule has 128 valence electrons.